The number of aryl methyl sites for hydroxylation is 2. The maximum Gasteiger partial charge on any atom is 0.252 e. The van der Waals surface area contributed by atoms with Crippen molar-refractivity contribution in [3.8, 4) is 22.6 Å². The topological polar surface area (TPSA) is 39.2 Å². The number of nitrogens with zero attached hydrogens (tertiary/aromatic N) is 4. The summed E-state index contributed by atoms with van der Waals surface area (Å²) in [6, 6.07) is 95.4. The van der Waals surface area contributed by atoms with Gasteiger partial charge in [0.2, 0.25) is 0 Å². The summed E-state index contributed by atoms with van der Waals surface area (Å²) in [5.74, 6) is 1.69. The largest absolute Gasteiger partial charge is 0.456 e. The molecule has 0 aliphatic carbocycles. The maximum atomic E-state index is 6.44. The van der Waals surface area contributed by atoms with E-state index in [1.54, 1.807) is 0 Å². The van der Waals surface area contributed by atoms with Crippen LogP contribution in [-0.2, 0) is 10.8 Å². The fourth-order valence-electron chi connectivity index (χ4n) is 13.3. The van der Waals surface area contributed by atoms with Gasteiger partial charge in [0, 0.05) is 78.8 Å². The first-order valence-electron chi connectivity index (χ1n) is 30.3. The van der Waals surface area contributed by atoms with Crippen molar-refractivity contribution in [2.75, 3.05) is 19.6 Å². The molecule has 7 heteroatoms. The molecule has 2 aliphatic rings. The van der Waals surface area contributed by atoms with Gasteiger partial charge in [0.05, 0.1) is 11.4 Å². The van der Waals surface area contributed by atoms with E-state index in [9.17, 15) is 0 Å². The van der Waals surface area contributed by atoms with Crippen molar-refractivity contribution in [1.82, 2.24) is 0 Å². The van der Waals surface area contributed by atoms with Crippen molar-refractivity contribution < 1.29 is 8.83 Å². The first-order valence-corrected chi connectivity index (χ1v) is 30.3. The Morgan fingerprint density at radius 2 is 0.805 bits per heavy atom. The van der Waals surface area contributed by atoms with E-state index < -0.39 is 0 Å². The molecule has 0 atom stereocenters. The van der Waals surface area contributed by atoms with Crippen LogP contribution in [0.25, 0.3) is 44.6 Å². The normalized spacial score (nSPS) is 12.8. The molecule has 6 nitrogen and oxygen atoms in total. The zero-order valence-corrected chi connectivity index (χ0v) is 50.5. The number of rotatable bonds is 10. The monoisotopic (exact) mass is 1130 g/mol. The van der Waals surface area contributed by atoms with Crippen molar-refractivity contribution in [2.24, 2.45) is 0 Å². The molecule has 11 aromatic carbocycles. The first-order chi connectivity index (χ1) is 42.2. The van der Waals surface area contributed by atoms with Crippen LogP contribution in [0.2, 0.25) is 0 Å². The lowest BCUT2D eigenvalue weighted by Gasteiger charge is -2.46. The lowest BCUT2D eigenvalue weighted by atomic mass is 9.33. The lowest BCUT2D eigenvalue weighted by molar-refractivity contribution is 0.590. The van der Waals surface area contributed by atoms with Gasteiger partial charge in [-0.15, -0.1) is 0 Å². The first kappa shape index (κ1) is 53.5. The molecule has 0 fully saturated rings. The number of hydrogen-bond acceptors (Lipinski definition) is 6. The van der Waals surface area contributed by atoms with Crippen LogP contribution < -0.4 is 36.0 Å². The highest BCUT2D eigenvalue weighted by atomic mass is 16.3. The van der Waals surface area contributed by atoms with E-state index in [1.165, 1.54) is 44.3 Å². The van der Waals surface area contributed by atoms with Gasteiger partial charge in [-0.1, -0.05) is 163 Å². The molecule has 2 aromatic heterocycles. The van der Waals surface area contributed by atoms with Crippen LogP contribution in [0.1, 0.15) is 63.8 Å². The lowest BCUT2D eigenvalue weighted by Crippen LogP contribution is -2.61. The van der Waals surface area contributed by atoms with E-state index in [0.717, 1.165) is 107 Å². The number of furan rings is 2. The molecule has 87 heavy (non-hydrogen) atoms. The molecule has 15 rings (SSSR count). The van der Waals surface area contributed by atoms with E-state index in [4.69, 9.17) is 8.83 Å². The fraction of sp³-hybridized carbons (Fsp3) is 0.125. The highest BCUT2D eigenvalue weighted by Crippen LogP contribution is 2.51. The predicted octanol–water partition coefficient (Wildman–Crippen LogP) is 20.7. The Morgan fingerprint density at radius 1 is 0.345 bits per heavy atom. The minimum atomic E-state index is -0.141. The van der Waals surface area contributed by atoms with Crippen LogP contribution in [-0.4, -0.2) is 6.71 Å². The van der Waals surface area contributed by atoms with Crippen LogP contribution in [0.5, 0.6) is 0 Å². The second-order valence-corrected chi connectivity index (χ2v) is 25.5. The van der Waals surface area contributed by atoms with Gasteiger partial charge in [0.1, 0.15) is 22.7 Å². The highest BCUT2D eigenvalue weighted by Gasteiger charge is 2.45. The van der Waals surface area contributed by atoms with Crippen molar-refractivity contribution in [1.29, 1.82) is 0 Å². The third-order valence-corrected chi connectivity index (χ3v) is 17.8. The minimum Gasteiger partial charge on any atom is -0.456 e. The van der Waals surface area contributed by atoms with Gasteiger partial charge in [-0.3, -0.25) is 0 Å². The van der Waals surface area contributed by atoms with Crippen LogP contribution in [0.4, 0.5) is 68.2 Å². The van der Waals surface area contributed by atoms with Gasteiger partial charge in [-0.05, 0) is 203 Å². The molecule has 0 saturated carbocycles. The van der Waals surface area contributed by atoms with Crippen molar-refractivity contribution in [3.63, 3.8) is 0 Å². The molecule has 0 amide bonds. The number of fused-ring (bicyclic) bond motifs is 6. The molecule has 13 aromatic rings. The standard InChI is InChI=1S/C80H67BN4O2/c1-52-20-19-21-53(2)78(52)85-70-49-65(82(60-24-11-9-12-25-60)62-37-30-54(31-38-62)75-46-56-22-15-17-28-73(56)86-75)43-44-67(70)81-68-48-59(80(6,7)8)36-45-69(68)84(64-41-34-58(35-42-64)79(3,4)5)71-50-66(51-72(85)77(71)81)83(61-26-13-10-14-27-61)63-39-32-55(33-40-63)76-47-57-23-16-18-29-74(57)87-76/h9-51H,1-8H3. The van der Waals surface area contributed by atoms with Gasteiger partial charge >= 0.3 is 0 Å². The SMILES string of the molecule is Cc1cccc(C)c1N1c2cc(N(c3ccccc3)c3ccc(-c4cc5ccccc5o4)cc3)ccc2B2c3cc(C(C)(C)C)ccc3N(c3ccc(C(C)(C)C)cc3)c3cc(N(c4ccccc4)c4ccc(-c5cc6ccccc6o5)cc4)cc1c32. The molecule has 4 heterocycles. The number of para-hydroxylation sites is 5. The van der Waals surface area contributed by atoms with Crippen LogP contribution >= 0.6 is 0 Å². The highest BCUT2D eigenvalue weighted by molar-refractivity contribution is 7.00. The molecular formula is C80H67BN4O2. The fourth-order valence-corrected chi connectivity index (χ4v) is 13.3. The summed E-state index contributed by atoms with van der Waals surface area (Å²) in [4.78, 5) is 9.97. The van der Waals surface area contributed by atoms with E-state index in [1.807, 2.05) is 24.3 Å². The Hall–Kier alpha value is -10.2. The van der Waals surface area contributed by atoms with E-state index >= 15 is 0 Å². The summed E-state index contributed by atoms with van der Waals surface area (Å²) in [6.07, 6.45) is 0. The average molecular weight is 1130 g/mol. The molecule has 0 spiro atoms. The smallest absolute Gasteiger partial charge is 0.252 e. The molecule has 0 radical (unpaired) electrons. The van der Waals surface area contributed by atoms with E-state index in [-0.39, 0.29) is 17.5 Å². The Kier molecular flexibility index (Phi) is 12.8. The molecular weight excluding hydrogens is 1060 g/mol. The Morgan fingerprint density at radius 3 is 1.33 bits per heavy atom. The van der Waals surface area contributed by atoms with Crippen LogP contribution in [0.3, 0.4) is 0 Å². The van der Waals surface area contributed by atoms with Gasteiger partial charge < -0.3 is 28.4 Å². The Labute approximate surface area is 510 Å². The predicted molar refractivity (Wildman–Crippen MR) is 367 cm³/mol. The van der Waals surface area contributed by atoms with Crippen LogP contribution in [0, 0.1) is 13.8 Å². The molecule has 0 saturated heterocycles. The van der Waals surface area contributed by atoms with Gasteiger partial charge in [-0.2, -0.15) is 0 Å². The second kappa shape index (κ2) is 20.8. The summed E-state index contributed by atoms with van der Waals surface area (Å²) < 4.78 is 12.8. The van der Waals surface area contributed by atoms with Crippen molar-refractivity contribution >= 4 is 113 Å². The molecule has 2 aliphatic heterocycles. The zero-order valence-electron chi connectivity index (χ0n) is 50.5. The molecule has 0 unspecified atom stereocenters. The summed E-state index contributed by atoms with van der Waals surface area (Å²) in [5.41, 5.74) is 25.5. The minimum absolute atomic E-state index is 0.0240. The maximum absolute atomic E-state index is 6.44. The number of benzene rings is 11. The molecule has 0 bridgehead atoms. The molecule has 422 valence electrons. The number of anilines is 12. The van der Waals surface area contributed by atoms with Gasteiger partial charge in [-0.25, -0.2) is 0 Å². The van der Waals surface area contributed by atoms with Crippen LogP contribution in [0.15, 0.2) is 270 Å². The Balaban J connectivity index is 0.993. The van der Waals surface area contributed by atoms with Gasteiger partial charge in [0.25, 0.3) is 6.71 Å². The van der Waals surface area contributed by atoms with Crippen molar-refractivity contribution in [2.45, 2.75) is 66.2 Å². The third-order valence-electron chi connectivity index (χ3n) is 17.8. The van der Waals surface area contributed by atoms with Gasteiger partial charge in [0.15, 0.2) is 0 Å². The van der Waals surface area contributed by atoms with E-state index in [0.29, 0.717) is 0 Å². The number of hydrogen-bond donors (Lipinski definition) is 0. The van der Waals surface area contributed by atoms with E-state index in [2.05, 4.69) is 312 Å². The Bertz CT molecular complexity index is 4660. The van der Waals surface area contributed by atoms with Crippen molar-refractivity contribution in [3.05, 3.63) is 283 Å². The summed E-state index contributed by atoms with van der Waals surface area (Å²) in [6.45, 7) is 18.3. The molecule has 0 N–H and O–H groups in total. The summed E-state index contributed by atoms with van der Waals surface area (Å²) in [5, 5.41) is 2.17. The summed E-state index contributed by atoms with van der Waals surface area (Å²) >= 11 is 0. The third kappa shape index (κ3) is 9.37. The second-order valence-electron chi connectivity index (χ2n) is 25.5. The summed E-state index contributed by atoms with van der Waals surface area (Å²) in [7, 11) is 0. The quantitative estimate of drug-likeness (QED) is 0.127. The average Bonchev–Trinajstić information content (AvgIpc) is 1.19. The zero-order chi connectivity index (χ0) is 59.3.